The van der Waals surface area contributed by atoms with Gasteiger partial charge in [0.2, 0.25) is 5.78 Å². The van der Waals surface area contributed by atoms with Crippen LogP contribution in [0.5, 0.6) is 0 Å². The lowest BCUT2D eigenvalue weighted by molar-refractivity contribution is 0.0528. The number of carbonyl (C=O) groups is 2. The summed E-state index contributed by atoms with van der Waals surface area (Å²) < 4.78 is 5.04. The fourth-order valence-electron chi connectivity index (χ4n) is 2.71. The smallest absolute Gasteiger partial charge is 0.338 e. The number of carbonyl (C=O) groups excluding carboxylic acids is 2. The van der Waals surface area contributed by atoms with Gasteiger partial charge < -0.3 is 15.5 Å². The largest absolute Gasteiger partial charge is 0.462 e. The Morgan fingerprint density at radius 2 is 1.96 bits per heavy atom. The normalized spacial score (nSPS) is 10.4. The topological polar surface area (TPSA) is 109 Å². The minimum Gasteiger partial charge on any atom is -0.462 e. The predicted octanol–water partition coefficient (Wildman–Crippen LogP) is 3.03. The standard InChI is InChI=1S/C19H15N3O3/c1-2-25-19(24)13-8-11(10-20)9-14-15(13)16(21)17(22-14)18(23)12-6-4-3-5-7-12/h3-9,22H,2,21H2,1H3. The Morgan fingerprint density at radius 3 is 2.60 bits per heavy atom. The Morgan fingerprint density at radius 1 is 1.24 bits per heavy atom. The van der Waals surface area contributed by atoms with Crippen LogP contribution in [0, 0.1) is 11.3 Å². The first-order valence-electron chi connectivity index (χ1n) is 7.69. The maximum atomic E-state index is 12.7. The second-order valence-corrected chi connectivity index (χ2v) is 5.39. The number of anilines is 1. The molecule has 0 unspecified atom stereocenters. The van der Waals surface area contributed by atoms with Crippen LogP contribution in [0.1, 0.15) is 38.9 Å². The second kappa shape index (κ2) is 6.49. The van der Waals surface area contributed by atoms with E-state index in [1.165, 1.54) is 6.07 Å². The van der Waals surface area contributed by atoms with Crippen molar-refractivity contribution < 1.29 is 14.3 Å². The van der Waals surface area contributed by atoms with Crippen LogP contribution in [0.25, 0.3) is 10.9 Å². The number of fused-ring (bicyclic) bond motifs is 1. The third kappa shape index (κ3) is 2.83. The van der Waals surface area contributed by atoms with Crippen LogP contribution >= 0.6 is 0 Å². The molecule has 0 fully saturated rings. The maximum Gasteiger partial charge on any atom is 0.338 e. The highest BCUT2D eigenvalue weighted by molar-refractivity contribution is 6.19. The van der Waals surface area contributed by atoms with E-state index >= 15 is 0 Å². The van der Waals surface area contributed by atoms with E-state index in [1.807, 2.05) is 12.1 Å². The molecule has 0 amide bonds. The minimum atomic E-state index is -0.589. The van der Waals surface area contributed by atoms with Crippen molar-refractivity contribution in [2.45, 2.75) is 6.92 Å². The van der Waals surface area contributed by atoms with Crippen LogP contribution in [0.15, 0.2) is 42.5 Å². The quantitative estimate of drug-likeness (QED) is 0.563. The van der Waals surface area contributed by atoms with E-state index in [2.05, 4.69) is 4.98 Å². The fourth-order valence-corrected chi connectivity index (χ4v) is 2.71. The van der Waals surface area contributed by atoms with Crippen LogP contribution in [0.4, 0.5) is 5.69 Å². The second-order valence-electron chi connectivity index (χ2n) is 5.39. The van der Waals surface area contributed by atoms with Crippen molar-refractivity contribution in [2.24, 2.45) is 0 Å². The number of H-pyrrole nitrogens is 1. The molecule has 0 aliphatic rings. The van der Waals surface area contributed by atoms with Crippen molar-refractivity contribution in [3.05, 3.63) is 64.8 Å². The lowest BCUT2D eigenvalue weighted by Crippen LogP contribution is -2.07. The van der Waals surface area contributed by atoms with E-state index in [-0.39, 0.29) is 34.9 Å². The summed E-state index contributed by atoms with van der Waals surface area (Å²) in [6, 6.07) is 13.6. The molecule has 6 nitrogen and oxygen atoms in total. The van der Waals surface area contributed by atoms with Gasteiger partial charge in [-0.3, -0.25) is 4.79 Å². The average molecular weight is 333 g/mol. The highest BCUT2D eigenvalue weighted by atomic mass is 16.5. The van der Waals surface area contributed by atoms with Gasteiger partial charge >= 0.3 is 5.97 Å². The zero-order valence-electron chi connectivity index (χ0n) is 13.5. The molecule has 124 valence electrons. The molecule has 3 aromatic rings. The van der Waals surface area contributed by atoms with Crippen LogP contribution in [-0.2, 0) is 4.74 Å². The van der Waals surface area contributed by atoms with Gasteiger partial charge in [-0.05, 0) is 19.1 Å². The summed E-state index contributed by atoms with van der Waals surface area (Å²) in [4.78, 5) is 27.9. The maximum absolute atomic E-state index is 12.7. The Bertz CT molecular complexity index is 1010. The molecule has 25 heavy (non-hydrogen) atoms. The van der Waals surface area contributed by atoms with Crippen LogP contribution in [0.3, 0.4) is 0 Å². The number of nitrogens with two attached hydrogens (primary N) is 1. The first-order valence-corrected chi connectivity index (χ1v) is 7.69. The van der Waals surface area contributed by atoms with Crippen molar-refractivity contribution in [3.8, 4) is 6.07 Å². The van der Waals surface area contributed by atoms with Gasteiger partial charge in [-0.1, -0.05) is 30.3 Å². The van der Waals surface area contributed by atoms with Crippen molar-refractivity contribution in [1.82, 2.24) is 4.98 Å². The number of aromatic amines is 1. The molecule has 1 heterocycles. The summed E-state index contributed by atoms with van der Waals surface area (Å²) in [5.74, 6) is -0.878. The number of benzene rings is 2. The predicted molar refractivity (Wildman–Crippen MR) is 93.3 cm³/mol. The molecule has 0 aliphatic heterocycles. The summed E-state index contributed by atoms with van der Waals surface area (Å²) in [7, 11) is 0. The molecule has 0 aliphatic carbocycles. The Labute approximate surface area is 143 Å². The van der Waals surface area contributed by atoms with Crippen molar-refractivity contribution in [2.75, 3.05) is 12.3 Å². The SMILES string of the molecule is CCOC(=O)c1cc(C#N)cc2[nH]c(C(=O)c3ccccc3)c(N)c12. The Kier molecular flexibility index (Phi) is 4.23. The molecule has 3 N–H and O–H groups in total. The molecule has 0 radical (unpaired) electrons. The number of aromatic nitrogens is 1. The summed E-state index contributed by atoms with van der Waals surface area (Å²) in [6.07, 6.45) is 0. The van der Waals surface area contributed by atoms with E-state index in [9.17, 15) is 14.9 Å². The van der Waals surface area contributed by atoms with Gasteiger partial charge in [0.15, 0.2) is 0 Å². The molecule has 0 atom stereocenters. The van der Waals surface area contributed by atoms with Gasteiger partial charge in [0.05, 0.1) is 35.0 Å². The highest BCUT2D eigenvalue weighted by Gasteiger charge is 2.23. The van der Waals surface area contributed by atoms with Gasteiger partial charge in [0.25, 0.3) is 0 Å². The van der Waals surface area contributed by atoms with Gasteiger partial charge in [-0.15, -0.1) is 0 Å². The number of nitrogen functional groups attached to an aromatic ring is 1. The third-order valence-electron chi connectivity index (χ3n) is 3.82. The molecular formula is C19H15N3O3. The van der Waals surface area contributed by atoms with E-state index in [0.717, 1.165) is 0 Å². The van der Waals surface area contributed by atoms with E-state index in [0.29, 0.717) is 16.5 Å². The Hall–Kier alpha value is -3.59. The summed E-state index contributed by atoms with van der Waals surface area (Å²) in [5, 5.41) is 9.57. The third-order valence-corrected chi connectivity index (χ3v) is 3.82. The van der Waals surface area contributed by atoms with Crippen molar-refractivity contribution in [1.29, 1.82) is 5.26 Å². The zero-order valence-corrected chi connectivity index (χ0v) is 13.5. The molecule has 0 spiro atoms. The lowest BCUT2D eigenvalue weighted by Gasteiger charge is -2.05. The molecular weight excluding hydrogens is 318 g/mol. The number of nitrogens with zero attached hydrogens (tertiary/aromatic N) is 1. The summed E-state index contributed by atoms with van der Waals surface area (Å²) in [5.41, 5.74) is 7.86. The summed E-state index contributed by atoms with van der Waals surface area (Å²) in [6.45, 7) is 1.88. The first-order chi connectivity index (χ1) is 12.1. The van der Waals surface area contributed by atoms with E-state index in [1.54, 1.807) is 37.3 Å². The van der Waals surface area contributed by atoms with Crippen LogP contribution < -0.4 is 5.73 Å². The molecule has 3 rings (SSSR count). The Balaban J connectivity index is 2.22. The van der Waals surface area contributed by atoms with Gasteiger partial charge in [-0.2, -0.15) is 5.26 Å². The molecule has 2 aromatic carbocycles. The lowest BCUT2D eigenvalue weighted by atomic mass is 10.0. The molecule has 6 heteroatoms. The van der Waals surface area contributed by atoms with Gasteiger partial charge in [0.1, 0.15) is 5.69 Å². The number of esters is 1. The van der Waals surface area contributed by atoms with E-state index in [4.69, 9.17) is 10.5 Å². The zero-order chi connectivity index (χ0) is 18.0. The number of rotatable bonds is 4. The van der Waals surface area contributed by atoms with Crippen LogP contribution in [0.2, 0.25) is 0 Å². The van der Waals surface area contributed by atoms with Crippen LogP contribution in [-0.4, -0.2) is 23.3 Å². The van der Waals surface area contributed by atoms with Crippen molar-refractivity contribution in [3.63, 3.8) is 0 Å². The minimum absolute atomic E-state index is 0.163. The average Bonchev–Trinajstić information content (AvgIpc) is 2.97. The number of hydrogen-bond acceptors (Lipinski definition) is 5. The molecule has 0 bridgehead atoms. The fraction of sp³-hybridized carbons (Fsp3) is 0.105. The highest BCUT2D eigenvalue weighted by Crippen LogP contribution is 2.31. The van der Waals surface area contributed by atoms with E-state index < -0.39 is 5.97 Å². The van der Waals surface area contributed by atoms with Gasteiger partial charge in [0, 0.05) is 10.9 Å². The summed E-state index contributed by atoms with van der Waals surface area (Å²) >= 11 is 0. The van der Waals surface area contributed by atoms with Gasteiger partial charge in [-0.25, -0.2) is 4.79 Å². The number of ether oxygens (including phenoxy) is 1. The monoisotopic (exact) mass is 333 g/mol. The number of ketones is 1. The molecule has 0 saturated heterocycles. The number of nitriles is 1. The number of nitrogens with one attached hydrogen (secondary N) is 1. The van der Waals surface area contributed by atoms with Crippen molar-refractivity contribution >= 4 is 28.3 Å². The molecule has 1 aromatic heterocycles. The first kappa shape index (κ1) is 16.3. The molecule has 0 saturated carbocycles. The number of hydrogen-bond donors (Lipinski definition) is 2.